The molecular weight excluding hydrogens is 330 g/mol. The Morgan fingerprint density at radius 1 is 1.35 bits per heavy atom. The van der Waals surface area contributed by atoms with Crippen LogP contribution in [0.15, 0.2) is 6.20 Å². The maximum atomic E-state index is 12.2. The predicted molar refractivity (Wildman–Crippen MR) is 100 cm³/mol. The summed E-state index contributed by atoms with van der Waals surface area (Å²) in [6.45, 7) is 7.94. The lowest BCUT2D eigenvalue weighted by molar-refractivity contribution is -0.128. The maximum Gasteiger partial charge on any atom is 0.222 e. The van der Waals surface area contributed by atoms with Gasteiger partial charge in [0, 0.05) is 56.6 Å². The molecule has 2 aromatic rings. The van der Waals surface area contributed by atoms with E-state index in [9.17, 15) is 4.79 Å². The van der Waals surface area contributed by atoms with E-state index < -0.39 is 0 Å². The zero-order chi connectivity index (χ0) is 18.1. The summed E-state index contributed by atoms with van der Waals surface area (Å²) in [5.41, 5.74) is 4.10. The molecule has 2 fully saturated rings. The molecule has 0 bridgehead atoms. The van der Waals surface area contributed by atoms with Gasteiger partial charge in [-0.15, -0.1) is 0 Å². The summed E-state index contributed by atoms with van der Waals surface area (Å²) in [6.07, 6.45) is 5.50. The Morgan fingerprint density at radius 2 is 2.15 bits per heavy atom. The van der Waals surface area contributed by atoms with Gasteiger partial charge in [0.1, 0.15) is 0 Å². The Balaban J connectivity index is 1.75. The summed E-state index contributed by atoms with van der Waals surface area (Å²) in [6, 6.07) is 0.381. The van der Waals surface area contributed by atoms with Gasteiger partial charge in [-0.25, -0.2) is 9.67 Å². The van der Waals surface area contributed by atoms with Crippen LogP contribution in [0.5, 0.6) is 0 Å². The van der Waals surface area contributed by atoms with Crippen molar-refractivity contribution in [3.8, 4) is 0 Å². The number of pyridine rings is 1. The number of amides is 1. The number of carbonyl (C=O) groups is 1. The van der Waals surface area contributed by atoms with E-state index in [2.05, 4.69) is 17.3 Å². The fourth-order valence-corrected chi connectivity index (χ4v) is 3.94. The van der Waals surface area contributed by atoms with Gasteiger partial charge in [0.15, 0.2) is 5.65 Å². The zero-order valence-corrected chi connectivity index (χ0v) is 15.6. The van der Waals surface area contributed by atoms with Crippen LogP contribution in [0.25, 0.3) is 11.0 Å². The van der Waals surface area contributed by atoms with E-state index in [-0.39, 0.29) is 5.91 Å². The molecule has 2 aromatic heterocycles. The summed E-state index contributed by atoms with van der Waals surface area (Å²) in [7, 11) is 0. The normalized spacial score (nSPS) is 18.8. The molecule has 7 heteroatoms. The molecule has 2 aliphatic rings. The molecule has 0 aliphatic carbocycles. The lowest BCUT2D eigenvalue weighted by atomic mass is 10.0. The van der Waals surface area contributed by atoms with Crippen molar-refractivity contribution < 1.29 is 9.53 Å². The van der Waals surface area contributed by atoms with Crippen LogP contribution in [0.4, 0.5) is 5.69 Å². The highest BCUT2D eigenvalue weighted by atomic mass is 16.5. The first-order valence-electron chi connectivity index (χ1n) is 9.64. The Kier molecular flexibility index (Phi) is 4.80. The smallest absolute Gasteiger partial charge is 0.222 e. The molecule has 7 nitrogen and oxygen atoms in total. The number of rotatable bonds is 5. The van der Waals surface area contributed by atoms with Gasteiger partial charge in [0.05, 0.1) is 17.3 Å². The van der Waals surface area contributed by atoms with Crippen molar-refractivity contribution in [3.05, 3.63) is 17.5 Å². The van der Waals surface area contributed by atoms with Gasteiger partial charge in [0.2, 0.25) is 5.91 Å². The number of anilines is 1. The zero-order valence-electron chi connectivity index (χ0n) is 15.6. The molecule has 0 saturated carbocycles. The Bertz CT molecular complexity index is 810. The van der Waals surface area contributed by atoms with Crippen LogP contribution >= 0.6 is 0 Å². The van der Waals surface area contributed by atoms with Gasteiger partial charge in [-0.3, -0.25) is 4.79 Å². The molecule has 1 amide bonds. The highest BCUT2D eigenvalue weighted by Gasteiger charge is 2.25. The van der Waals surface area contributed by atoms with Gasteiger partial charge in [-0.2, -0.15) is 5.10 Å². The summed E-state index contributed by atoms with van der Waals surface area (Å²) in [4.78, 5) is 18.9. The highest BCUT2D eigenvalue weighted by molar-refractivity contribution is 5.91. The molecule has 1 N–H and O–H groups in total. The van der Waals surface area contributed by atoms with Crippen LogP contribution in [-0.2, 0) is 22.6 Å². The highest BCUT2D eigenvalue weighted by Crippen LogP contribution is 2.32. The number of nitrogens with zero attached hydrogens (tertiary/aromatic N) is 4. The van der Waals surface area contributed by atoms with Crippen molar-refractivity contribution in [2.75, 3.05) is 25.1 Å². The number of hydrogen-bond donors (Lipinski definition) is 1. The third-order valence-electron chi connectivity index (χ3n) is 5.48. The van der Waals surface area contributed by atoms with Crippen LogP contribution in [0.3, 0.4) is 0 Å². The molecular formula is C19H27N5O2. The Morgan fingerprint density at radius 3 is 2.85 bits per heavy atom. The third-order valence-corrected chi connectivity index (χ3v) is 5.48. The summed E-state index contributed by atoms with van der Waals surface area (Å²) >= 11 is 0. The van der Waals surface area contributed by atoms with E-state index in [1.165, 1.54) is 0 Å². The SMILES string of the molecule is CCn1ncc2c(NC3CCOCC3)c(CN3CCCC3=O)c(C)nc21. The molecule has 0 atom stereocenters. The van der Waals surface area contributed by atoms with E-state index in [4.69, 9.17) is 9.72 Å². The van der Waals surface area contributed by atoms with Crippen molar-refractivity contribution in [1.82, 2.24) is 19.7 Å². The molecule has 26 heavy (non-hydrogen) atoms. The van der Waals surface area contributed by atoms with Crippen LogP contribution in [0.1, 0.15) is 43.9 Å². The topological polar surface area (TPSA) is 72.3 Å². The Labute approximate surface area is 153 Å². The van der Waals surface area contributed by atoms with Gasteiger partial charge in [-0.1, -0.05) is 0 Å². The molecule has 2 saturated heterocycles. The second kappa shape index (κ2) is 7.23. The van der Waals surface area contributed by atoms with Crippen molar-refractivity contribution in [2.24, 2.45) is 0 Å². The maximum absolute atomic E-state index is 12.2. The number of aromatic nitrogens is 3. The van der Waals surface area contributed by atoms with Crippen molar-refractivity contribution in [2.45, 2.75) is 58.7 Å². The number of carbonyl (C=O) groups excluding carboxylic acids is 1. The minimum atomic E-state index is 0.241. The molecule has 2 aliphatic heterocycles. The summed E-state index contributed by atoms with van der Waals surface area (Å²) in [5.74, 6) is 0.241. The van der Waals surface area contributed by atoms with Crippen LogP contribution in [0, 0.1) is 6.92 Å². The van der Waals surface area contributed by atoms with Crippen molar-refractivity contribution >= 4 is 22.6 Å². The van der Waals surface area contributed by atoms with Crippen molar-refractivity contribution in [1.29, 1.82) is 0 Å². The number of nitrogens with one attached hydrogen (secondary N) is 1. The fraction of sp³-hybridized carbons (Fsp3) is 0.632. The van der Waals surface area contributed by atoms with E-state index >= 15 is 0 Å². The largest absolute Gasteiger partial charge is 0.381 e. The average Bonchev–Trinajstić information content (AvgIpc) is 3.24. The first-order chi connectivity index (χ1) is 12.7. The van der Waals surface area contributed by atoms with Gasteiger partial charge in [0.25, 0.3) is 0 Å². The summed E-state index contributed by atoms with van der Waals surface area (Å²) in [5, 5.41) is 9.30. The van der Waals surface area contributed by atoms with E-state index in [1.807, 2.05) is 22.7 Å². The predicted octanol–water partition coefficient (Wildman–Crippen LogP) is 2.47. The minimum Gasteiger partial charge on any atom is -0.381 e. The molecule has 4 heterocycles. The first kappa shape index (κ1) is 17.3. The lowest BCUT2D eigenvalue weighted by Gasteiger charge is -2.27. The van der Waals surface area contributed by atoms with Crippen LogP contribution < -0.4 is 5.32 Å². The third kappa shape index (κ3) is 3.16. The molecule has 0 spiro atoms. The number of aryl methyl sites for hydroxylation is 2. The van der Waals surface area contributed by atoms with E-state index in [0.717, 1.165) is 73.5 Å². The number of hydrogen-bond acceptors (Lipinski definition) is 5. The molecule has 140 valence electrons. The van der Waals surface area contributed by atoms with E-state index in [1.54, 1.807) is 0 Å². The first-order valence-corrected chi connectivity index (χ1v) is 9.64. The Hall–Kier alpha value is -2.15. The minimum absolute atomic E-state index is 0.241. The number of fused-ring (bicyclic) bond motifs is 1. The lowest BCUT2D eigenvalue weighted by Crippen LogP contribution is -2.30. The second-order valence-corrected chi connectivity index (χ2v) is 7.20. The summed E-state index contributed by atoms with van der Waals surface area (Å²) < 4.78 is 7.43. The standard InChI is InChI=1S/C19H27N5O2/c1-3-24-19-15(11-20-24)18(22-14-6-9-26-10-7-14)16(13(2)21-19)12-23-8-4-5-17(23)25/h11,14H,3-10,12H2,1-2H3,(H,21,22). The average molecular weight is 357 g/mol. The molecule has 0 radical (unpaired) electrons. The number of likely N-dealkylation sites (tertiary alicyclic amines) is 1. The van der Waals surface area contributed by atoms with E-state index in [0.29, 0.717) is 19.0 Å². The number of ether oxygens (including phenoxy) is 1. The molecule has 0 unspecified atom stereocenters. The van der Waals surface area contributed by atoms with Gasteiger partial charge < -0.3 is 15.0 Å². The second-order valence-electron chi connectivity index (χ2n) is 7.20. The van der Waals surface area contributed by atoms with Gasteiger partial charge >= 0.3 is 0 Å². The van der Waals surface area contributed by atoms with Crippen LogP contribution in [0.2, 0.25) is 0 Å². The van der Waals surface area contributed by atoms with Crippen LogP contribution in [-0.4, -0.2) is 51.4 Å². The monoisotopic (exact) mass is 357 g/mol. The fourth-order valence-electron chi connectivity index (χ4n) is 3.94. The molecule has 4 rings (SSSR count). The quantitative estimate of drug-likeness (QED) is 0.890. The molecule has 0 aromatic carbocycles. The van der Waals surface area contributed by atoms with Gasteiger partial charge in [-0.05, 0) is 33.1 Å². The van der Waals surface area contributed by atoms with Crippen molar-refractivity contribution in [3.63, 3.8) is 0 Å².